The number of fused-ring (bicyclic) bond motifs is 10. The summed E-state index contributed by atoms with van der Waals surface area (Å²) in [6.07, 6.45) is 20.3. The number of hydrogen-bond acceptors (Lipinski definition) is 25. The Labute approximate surface area is 847 Å². The summed E-state index contributed by atoms with van der Waals surface area (Å²) in [4.78, 5) is 147. The summed E-state index contributed by atoms with van der Waals surface area (Å²) in [6.45, 7) is 26.3. The lowest BCUT2D eigenvalue weighted by Crippen LogP contribution is -2.34. The predicted octanol–water partition coefficient (Wildman–Crippen LogP) is 21.1. The Bertz CT molecular complexity index is 9220. The van der Waals surface area contributed by atoms with Crippen LogP contribution in [0.3, 0.4) is 0 Å². The third-order valence-corrected chi connectivity index (χ3v) is 27.4. The van der Waals surface area contributed by atoms with Crippen LogP contribution in [0.2, 0.25) is 0 Å². The number of hydrogen-bond donors (Lipinski definition) is 10. The number of pyridine rings is 5. The monoisotopic (exact) mass is 1970 g/mol. The molecule has 15 heterocycles. The topological polar surface area (TPSA) is 442 Å². The first-order valence-corrected chi connectivity index (χ1v) is 49.4. The van der Waals surface area contributed by atoms with E-state index in [0.29, 0.717) is 57.3 Å². The number of rotatable bonds is 22. The van der Waals surface area contributed by atoms with Crippen LogP contribution in [0.5, 0.6) is 0 Å². The Morgan fingerprint density at radius 1 is 0.297 bits per heavy atom. The zero-order valence-corrected chi connectivity index (χ0v) is 84.0. The number of nitrogens with zero attached hydrogens (tertiary/aromatic N) is 20. The van der Waals surface area contributed by atoms with Crippen LogP contribution in [0.1, 0.15) is 185 Å². The Morgan fingerprint density at radius 2 is 0.581 bits per heavy atom. The standard InChI is InChI=1S/2C24H22N6O.C23H20N6O.C22H24N6O.C20H22N6O/c1-14-7-9-18(10-8-14)30-19(11-17-6-4-5-15(2)20(17)24(30)31)16(3)29-23-21-22(26-12-25-21)27-13-28-23;1-3-18(29-23-21-22(26-13-25-21)27-14-28-23)19-12-16-9-7-8-15(2)20(16)24(31)30(19)17-10-5-4-6-11-17;1-14-7-6-8-16-11-18(29(23(30)19(14)16)17-9-4-3-5-10-17)15(2)28-22-20-21(25-12-24-20)26-13-27-22;1-3-16(27-21-19-20(24-11-23-19)25-12-26-21)17-10-14-7-4-6-13(2)18(14)22(29)28(17)15-8-5-9-15;1-11(2)26-15(8-14-7-5-6-12(3)16(14)20(26)27)13(4)25-19-17-18(22-9-21-17)23-10-24-19/h4-13,16H,1-3H3,(H2,25,26,27,28,29);4-14,18H,3H2,1-2H3,(H2,25,26,27,28,29);3-13,15H,1-2H3,(H2,24,25,26,27,28);4,6-7,10-12,15-16H,3,5,8-9H2,1-2H3,(H2,23,24,25,26,27);5-11,13H,1-4H3,(H2,21,22,23,24,25). The Hall–Kier alpha value is -18.4. The minimum absolute atomic E-state index is 0.0218. The molecule has 0 amide bonds. The van der Waals surface area contributed by atoms with Gasteiger partial charge in [-0.2, -0.15) is 0 Å². The number of imidazole rings is 5. The fourth-order valence-electron chi connectivity index (χ4n) is 19.8. The lowest BCUT2D eigenvalue weighted by Gasteiger charge is -2.33. The van der Waals surface area contributed by atoms with Gasteiger partial charge in [0.1, 0.15) is 59.2 Å². The number of H-pyrrole nitrogens is 5. The van der Waals surface area contributed by atoms with Crippen LogP contribution in [-0.2, 0) is 0 Å². The van der Waals surface area contributed by atoms with Crippen molar-refractivity contribution in [2.75, 3.05) is 26.6 Å². The molecule has 148 heavy (non-hydrogen) atoms. The second kappa shape index (κ2) is 41.9. The number of anilines is 5. The van der Waals surface area contributed by atoms with Gasteiger partial charge in [-0.05, 0) is 230 Å². The zero-order valence-electron chi connectivity index (χ0n) is 84.0. The van der Waals surface area contributed by atoms with Crippen molar-refractivity contribution in [2.45, 2.75) is 164 Å². The third-order valence-electron chi connectivity index (χ3n) is 27.4. The van der Waals surface area contributed by atoms with E-state index in [1.165, 1.54) is 38.1 Å². The van der Waals surface area contributed by atoms with Crippen molar-refractivity contribution >= 4 is 139 Å². The average Bonchev–Trinajstić information content (AvgIpc) is 0.904. The van der Waals surface area contributed by atoms with E-state index in [2.05, 4.69) is 170 Å². The first kappa shape index (κ1) is 97.0. The number of aromatic nitrogens is 25. The molecule has 23 aromatic rings. The van der Waals surface area contributed by atoms with Crippen LogP contribution in [0.4, 0.5) is 29.1 Å². The highest BCUT2D eigenvalue weighted by Crippen LogP contribution is 2.39. The second-order valence-corrected chi connectivity index (χ2v) is 37.4. The maximum absolute atomic E-state index is 13.7. The van der Waals surface area contributed by atoms with Crippen molar-refractivity contribution < 1.29 is 0 Å². The highest BCUT2D eigenvalue weighted by molar-refractivity contribution is 5.92. The number of para-hydroxylation sites is 2. The van der Waals surface area contributed by atoms with Crippen molar-refractivity contribution in [3.05, 3.63) is 383 Å². The van der Waals surface area contributed by atoms with Gasteiger partial charge in [0.05, 0.1) is 88.8 Å². The normalized spacial score (nSPS) is 13.0. The summed E-state index contributed by atoms with van der Waals surface area (Å²) in [6, 6.07) is 67.4. The van der Waals surface area contributed by atoms with Gasteiger partial charge in [-0.25, -0.2) is 74.8 Å². The highest BCUT2D eigenvalue weighted by atomic mass is 16.1. The molecule has 10 N–H and O–H groups in total. The van der Waals surface area contributed by atoms with Crippen molar-refractivity contribution in [2.24, 2.45) is 0 Å². The second-order valence-electron chi connectivity index (χ2n) is 37.4. The van der Waals surface area contributed by atoms with E-state index in [0.717, 1.165) is 186 Å². The number of aryl methyl sites for hydroxylation is 6. The van der Waals surface area contributed by atoms with Gasteiger partial charge in [0.2, 0.25) is 0 Å². The van der Waals surface area contributed by atoms with E-state index < -0.39 is 0 Å². The van der Waals surface area contributed by atoms with Crippen molar-refractivity contribution in [3.8, 4) is 17.1 Å². The molecule has 0 saturated heterocycles. The SMILES string of the molecule is CCC(Nc1ncnc2nc[nH]c12)c1cc2cccc(C)c2c(=O)n1-c1ccccc1.CCC(Nc1ncnc2nc[nH]c12)c1cc2cccc(C)c2c(=O)n1C1CCC1.Cc1ccc(-n2c(C(C)Nc3ncnc4nc[nH]c34)cc3cccc(C)c3c2=O)cc1.Cc1cccc2cc(C(C)Nc3ncnc4nc[nH]c34)n(-c3ccccc3)c(=O)c12.Cc1cccc2cc(C(C)Nc3ncnc4nc[nH]c34)n(C(C)C)c(=O)c12. The molecule has 5 atom stereocenters. The van der Waals surface area contributed by atoms with E-state index in [4.69, 9.17) is 0 Å². The maximum atomic E-state index is 13.7. The number of nitrogens with one attached hydrogen (secondary N) is 10. The summed E-state index contributed by atoms with van der Waals surface area (Å²) < 4.78 is 9.27. The van der Waals surface area contributed by atoms with Crippen LogP contribution < -0.4 is 54.4 Å². The van der Waals surface area contributed by atoms with Gasteiger partial charge in [0.15, 0.2) is 57.3 Å². The van der Waals surface area contributed by atoms with Gasteiger partial charge in [-0.15, -0.1) is 0 Å². The molecule has 8 aromatic carbocycles. The van der Waals surface area contributed by atoms with Crippen molar-refractivity contribution in [1.82, 2.24) is 123 Å². The molecule has 1 saturated carbocycles. The van der Waals surface area contributed by atoms with Crippen LogP contribution in [0.25, 0.3) is 127 Å². The van der Waals surface area contributed by atoms with E-state index in [-0.39, 0.29) is 70.1 Å². The van der Waals surface area contributed by atoms with E-state index in [1.807, 2.05) is 266 Å². The fraction of sp³-hybridized carbons (Fsp3) is 0.221. The van der Waals surface area contributed by atoms with Gasteiger partial charge in [-0.1, -0.05) is 159 Å². The quantitative estimate of drug-likeness (QED) is 0.0301. The zero-order chi connectivity index (χ0) is 103. The number of benzene rings is 8. The molecule has 0 radical (unpaired) electrons. The first-order chi connectivity index (χ1) is 72.0. The molecule has 0 aliphatic heterocycles. The molecular weight excluding hydrogens is 1860 g/mol. The summed E-state index contributed by atoms with van der Waals surface area (Å²) in [5.41, 5.74) is 19.9. The molecule has 35 nitrogen and oxygen atoms in total. The molecule has 0 bridgehead atoms. The Kier molecular flexibility index (Phi) is 27.4. The molecule has 5 unspecified atom stereocenters. The molecule has 15 aromatic heterocycles. The molecule has 742 valence electrons. The van der Waals surface area contributed by atoms with Crippen LogP contribution in [-0.4, -0.2) is 123 Å². The minimum atomic E-state index is -0.208. The molecule has 1 aliphatic carbocycles. The van der Waals surface area contributed by atoms with Gasteiger partial charge in [0, 0.05) is 57.6 Å². The Morgan fingerprint density at radius 3 is 0.905 bits per heavy atom. The summed E-state index contributed by atoms with van der Waals surface area (Å²) in [7, 11) is 0. The van der Waals surface area contributed by atoms with E-state index in [9.17, 15) is 24.0 Å². The molecular formula is C113H110N30O5. The van der Waals surface area contributed by atoms with Crippen molar-refractivity contribution in [3.63, 3.8) is 0 Å². The van der Waals surface area contributed by atoms with E-state index in [1.54, 1.807) is 40.8 Å². The number of aromatic amines is 5. The largest absolute Gasteiger partial charge is 0.360 e. The van der Waals surface area contributed by atoms with E-state index >= 15 is 0 Å². The first-order valence-electron chi connectivity index (χ1n) is 49.4. The van der Waals surface area contributed by atoms with Crippen LogP contribution in [0, 0.1) is 41.5 Å². The summed E-state index contributed by atoms with van der Waals surface area (Å²) >= 11 is 0. The molecule has 0 spiro atoms. The fourth-order valence-corrected chi connectivity index (χ4v) is 19.8. The van der Waals surface area contributed by atoms with Gasteiger partial charge >= 0.3 is 0 Å². The average molecular weight is 1970 g/mol. The Balaban J connectivity index is 0.000000112. The molecule has 1 fully saturated rings. The molecule has 1 aliphatic rings. The highest BCUT2D eigenvalue weighted by Gasteiger charge is 2.31. The lowest BCUT2D eigenvalue weighted by molar-refractivity contribution is 0.297. The smallest absolute Gasteiger partial charge is 0.263 e. The molecule has 35 heteroatoms. The predicted molar refractivity (Wildman–Crippen MR) is 585 cm³/mol. The van der Waals surface area contributed by atoms with Crippen LogP contribution >= 0.6 is 0 Å². The van der Waals surface area contributed by atoms with Crippen molar-refractivity contribution in [1.29, 1.82) is 0 Å². The molecule has 24 rings (SSSR count). The summed E-state index contributed by atoms with van der Waals surface area (Å²) in [5, 5.41) is 25.8. The summed E-state index contributed by atoms with van der Waals surface area (Å²) in [5.74, 6) is 3.31. The minimum Gasteiger partial charge on any atom is -0.360 e. The maximum Gasteiger partial charge on any atom is 0.263 e. The third kappa shape index (κ3) is 19.0. The van der Waals surface area contributed by atoms with Gasteiger partial charge in [-0.3, -0.25) is 37.7 Å². The lowest BCUT2D eigenvalue weighted by atomic mass is 9.91. The van der Waals surface area contributed by atoms with Crippen LogP contribution in [0.15, 0.2) is 294 Å². The van der Waals surface area contributed by atoms with Gasteiger partial charge in [0.25, 0.3) is 27.8 Å². The van der Waals surface area contributed by atoms with Gasteiger partial charge < -0.3 is 60.6 Å².